The van der Waals surface area contributed by atoms with E-state index in [1.54, 1.807) is 5.57 Å². The molecule has 0 spiro atoms. The topological polar surface area (TPSA) is 9.23 Å². The first-order valence-corrected chi connectivity index (χ1v) is 10.7. The Morgan fingerprint density at radius 3 is 2.24 bits per heavy atom. The number of ether oxygens (including phenoxy) is 1. The fourth-order valence-electron chi connectivity index (χ4n) is 4.86. The summed E-state index contributed by atoms with van der Waals surface area (Å²) in [6.07, 6.45) is 16.5. The first-order chi connectivity index (χ1) is 12.3. The molecule has 1 atom stereocenters. The smallest absolute Gasteiger partial charge is 0.119 e. The predicted molar refractivity (Wildman–Crippen MR) is 107 cm³/mol. The second kappa shape index (κ2) is 9.46. The number of allylic oxidation sites excluding steroid dienone is 2. The van der Waals surface area contributed by atoms with Gasteiger partial charge >= 0.3 is 0 Å². The summed E-state index contributed by atoms with van der Waals surface area (Å²) in [6.45, 7) is 5.14. The van der Waals surface area contributed by atoms with Gasteiger partial charge in [0.05, 0.1) is 6.61 Å². The maximum Gasteiger partial charge on any atom is 0.119 e. The van der Waals surface area contributed by atoms with Crippen molar-refractivity contribution in [1.29, 1.82) is 0 Å². The minimum absolute atomic E-state index is 0.744. The molecule has 1 aromatic rings. The van der Waals surface area contributed by atoms with Crippen LogP contribution in [0.3, 0.4) is 0 Å². The van der Waals surface area contributed by atoms with E-state index < -0.39 is 0 Å². The number of hydrogen-bond acceptors (Lipinski definition) is 1. The Balaban J connectivity index is 1.42. The van der Waals surface area contributed by atoms with Crippen LogP contribution < -0.4 is 4.74 Å². The van der Waals surface area contributed by atoms with Gasteiger partial charge in [-0.2, -0.15) is 0 Å². The van der Waals surface area contributed by atoms with Gasteiger partial charge in [-0.15, -0.1) is 0 Å². The van der Waals surface area contributed by atoms with E-state index in [0.717, 1.165) is 30.1 Å². The first-order valence-electron chi connectivity index (χ1n) is 10.7. The number of hydrogen-bond donors (Lipinski definition) is 0. The summed E-state index contributed by atoms with van der Waals surface area (Å²) in [4.78, 5) is 0. The van der Waals surface area contributed by atoms with Crippen molar-refractivity contribution in [2.45, 2.75) is 78.1 Å². The Kier molecular flexibility index (Phi) is 7.02. The van der Waals surface area contributed by atoms with Crippen molar-refractivity contribution >= 4 is 0 Å². The van der Waals surface area contributed by atoms with E-state index in [0.29, 0.717) is 0 Å². The van der Waals surface area contributed by atoms with Crippen LogP contribution >= 0.6 is 0 Å². The Morgan fingerprint density at radius 1 is 0.880 bits per heavy atom. The lowest BCUT2D eigenvalue weighted by Gasteiger charge is -2.35. The average Bonchev–Trinajstić information content (AvgIpc) is 2.68. The maximum atomic E-state index is 5.53. The molecule has 1 fully saturated rings. The molecule has 2 aliphatic rings. The standard InChI is InChI=1S/C24H36O/c1-3-19-7-13-22(14-8-19)23-15-9-20(10-16-23)5-6-21-11-17-24(18-12-21)25-4-2/h9,11-12,17-19,22-23H,3-8,10,13-16H2,1-2H3/t19-,22-,23?. The molecule has 0 radical (unpaired) electrons. The van der Waals surface area contributed by atoms with Crippen molar-refractivity contribution in [2.75, 3.05) is 6.61 Å². The summed E-state index contributed by atoms with van der Waals surface area (Å²) in [5.74, 6) is 4.02. The first kappa shape index (κ1) is 18.5. The quantitative estimate of drug-likeness (QED) is 0.487. The van der Waals surface area contributed by atoms with Crippen molar-refractivity contribution in [3.05, 3.63) is 41.5 Å². The Bertz CT molecular complexity index is 534. The molecule has 138 valence electrons. The highest BCUT2D eigenvalue weighted by Crippen LogP contribution is 2.40. The highest BCUT2D eigenvalue weighted by molar-refractivity contribution is 5.28. The average molecular weight is 341 g/mol. The van der Waals surface area contributed by atoms with Gasteiger partial charge in [0.1, 0.15) is 5.75 Å². The van der Waals surface area contributed by atoms with E-state index in [2.05, 4.69) is 37.3 Å². The van der Waals surface area contributed by atoms with Crippen molar-refractivity contribution in [1.82, 2.24) is 0 Å². The molecule has 0 aliphatic heterocycles. The summed E-state index contributed by atoms with van der Waals surface area (Å²) in [7, 11) is 0. The van der Waals surface area contributed by atoms with Gasteiger partial charge in [0.25, 0.3) is 0 Å². The molecular formula is C24H36O. The second-order valence-electron chi connectivity index (χ2n) is 8.16. The molecule has 3 rings (SSSR count). The lowest BCUT2D eigenvalue weighted by molar-refractivity contribution is 0.189. The third-order valence-electron chi connectivity index (χ3n) is 6.65. The Labute approximate surface area is 154 Å². The molecule has 0 amide bonds. The van der Waals surface area contributed by atoms with Crippen molar-refractivity contribution in [2.24, 2.45) is 17.8 Å². The summed E-state index contributed by atoms with van der Waals surface area (Å²) in [6, 6.07) is 8.67. The van der Waals surface area contributed by atoms with E-state index in [9.17, 15) is 0 Å². The highest BCUT2D eigenvalue weighted by Gasteiger charge is 2.27. The number of rotatable bonds is 7. The predicted octanol–water partition coefficient (Wildman–Crippen LogP) is 6.96. The Hall–Kier alpha value is -1.24. The molecule has 1 saturated carbocycles. The van der Waals surface area contributed by atoms with Gasteiger partial charge in [0.15, 0.2) is 0 Å². The molecule has 0 heterocycles. The summed E-state index contributed by atoms with van der Waals surface area (Å²) >= 11 is 0. The molecule has 1 heteroatoms. The van der Waals surface area contributed by atoms with Gasteiger partial charge in [-0.3, -0.25) is 0 Å². The zero-order valence-electron chi connectivity index (χ0n) is 16.3. The van der Waals surface area contributed by atoms with Gasteiger partial charge in [0.2, 0.25) is 0 Å². The lowest BCUT2D eigenvalue weighted by Crippen LogP contribution is -2.23. The van der Waals surface area contributed by atoms with Gasteiger partial charge in [-0.05, 0) is 87.3 Å². The lowest BCUT2D eigenvalue weighted by atomic mass is 9.71. The monoisotopic (exact) mass is 340 g/mol. The largest absolute Gasteiger partial charge is 0.494 e. The van der Waals surface area contributed by atoms with E-state index >= 15 is 0 Å². The van der Waals surface area contributed by atoms with E-state index in [1.165, 1.54) is 69.8 Å². The van der Waals surface area contributed by atoms with Crippen LogP contribution in [0.4, 0.5) is 0 Å². The van der Waals surface area contributed by atoms with Crippen LogP contribution in [-0.2, 0) is 6.42 Å². The van der Waals surface area contributed by atoms with Crippen LogP contribution in [0.1, 0.15) is 77.2 Å². The zero-order valence-corrected chi connectivity index (χ0v) is 16.3. The SMILES string of the molecule is CCOc1ccc(CCC2=CCC([C@H]3CC[C@H](CC)CC3)CC2)cc1. The molecule has 1 unspecified atom stereocenters. The summed E-state index contributed by atoms with van der Waals surface area (Å²) < 4.78 is 5.53. The third-order valence-corrected chi connectivity index (χ3v) is 6.65. The van der Waals surface area contributed by atoms with Gasteiger partial charge in [-0.25, -0.2) is 0 Å². The van der Waals surface area contributed by atoms with Gasteiger partial charge < -0.3 is 4.74 Å². The third kappa shape index (κ3) is 5.36. The molecule has 0 bridgehead atoms. The Morgan fingerprint density at radius 2 is 1.64 bits per heavy atom. The molecule has 1 aromatic carbocycles. The van der Waals surface area contributed by atoms with Crippen LogP contribution in [0.25, 0.3) is 0 Å². The molecular weight excluding hydrogens is 304 g/mol. The fourth-order valence-corrected chi connectivity index (χ4v) is 4.86. The second-order valence-corrected chi connectivity index (χ2v) is 8.16. The molecule has 2 aliphatic carbocycles. The van der Waals surface area contributed by atoms with Crippen molar-refractivity contribution in [3.8, 4) is 5.75 Å². The number of benzene rings is 1. The van der Waals surface area contributed by atoms with Crippen molar-refractivity contribution in [3.63, 3.8) is 0 Å². The van der Waals surface area contributed by atoms with Crippen LogP contribution in [0, 0.1) is 17.8 Å². The fraction of sp³-hybridized carbons (Fsp3) is 0.667. The molecule has 25 heavy (non-hydrogen) atoms. The summed E-state index contributed by atoms with van der Waals surface area (Å²) in [5, 5.41) is 0. The molecule has 0 aromatic heterocycles. The van der Waals surface area contributed by atoms with Crippen LogP contribution in [0.5, 0.6) is 5.75 Å². The highest BCUT2D eigenvalue weighted by atomic mass is 16.5. The van der Waals surface area contributed by atoms with E-state index in [4.69, 9.17) is 4.74 Å². The molecule has 0 N–H and O–H groups in total. The molecule has 0 saturated heterocycles. The minimum Gasteiger partial charge on any atom is -0.494 e. The van der Waals surface area contributed by atoms with Crippen LogP contribution in [0.2, 0.25) is 0 Å². The number of aryl methyl sites for hydroxylation is 1. The van der Waals surface area contributed by atoms with Crippen LogP contribution in [-0.4, -0.2) is 6.61 Å². The van der Waals surface area contributed by atoms with E-state index in [1.807, 2.05) is 6.92 Å². The normalized spacial score (nSPS) is 27.0. The van der Waals surface area contributed by atoms with Crippen molar-refractivity contribution < 1.29 is 4.74 Å². The van der Waals surface area contributed by atoms with Crippen LogP contribution in [0.15, 0.2) is 35.9 Å². The van der Waals surface area contributed by atoms with Gasteiger partial charge in [0, 0.05) is 0 Å². The van der Waals surface area contributed by atoms with Gasteiger partial charge in [-0.1, -0.05) is 50.0 Å². The van der Waals surface area contributed by atoms with E-state index in [-0.39, 0.29) is 0 Å². The molecule has 1 nitrogen and oxygen atoms in total. The zero-order chi connectivity index (χ0) is 17.5. The maximum absolute atomic E-state index is 5.53. The summed E-state index contributed by atoms with van der Waals surface area (Å²) in [5.41, 5.74) is 3.14. The minimum atomic E-state index is 0.744.